The molecule has 5 N–H and O–H groups in total. The molecule has 1 aromatic carbocycles. The number of aromatic nitrogens is 1. The van der Waals surface area contributed by atoms with E-state index in [2.05, 4.69) is 15.3 Å². The predicted octanol–water partition coefficient (Wildman–Crippen LogP) is 0.145. The monoisotopic (exact) mass is 541 g/mol. The molecule has 202 valence electrons. The molecule has 4 rings (SSSR count). The zero-order valence-electron chi connectivity index (χ0n) is 20.8. The summed E-state index contributed by atoms with van der Waals surface area (Å²) in [5.41, 5.74) is 10.7. The first-order valence-electron chi connectivity index (χ1n) is 12.4. The number of hydrogen-bond donors (Lipinski definition) is 3. The summed E-state index contributed by atoms with van der Waals surface area (Å²) in [6.07, 6.45) is 3.33. The van der Waals surface area contributed by atoms with Crippen molar-refractivity contribution in [3.63, 3.8) is 0 Å². The Bertz CT molecular complexity index is 1170. The van der Waals surface area contributed by atoms with E-state index in [0.717, 1.165) is 0 Å². The molecule has 38 heavy (non-hydrogen) atoms. The largest absolute Gasteiger partial charge is 0.484 e. The van der Waals surface area contributed by atoms with E-state index in [0.29, 0.717) is 49.5 Å². The summed E-state index contributed by atoms with van der Waals surface area (Å²) < 4.78 is 5.54. The molecule has 3 amide bonds. The van der Waals surface area contributed by atoms with Crippen LogP contribution in [0, 0.1) is 0 Å². The molecule has 3 heterocycles. The molecular formula is C25H31N7O5S. The summed E-state index contributed by atoms with van der Waals surface area (Å²) >= 11 is 1.20. The minimum atomic E-state index is -0.824. The van der Waals surface area contributed by atoms with Crippen molar-refractivity contribution in [3.05, 3.63) is 46.9 Å². The number of nitrogens with two attached hydrogens (primary N) is 2. The Morgan fingerprint density at radius 3 is 2.71 bits per heavy atom. The first-order chi connectivity index (χ1) is 18.3. The number of ketones is 1. The second-order valence-electron chi connectivity index (χ2n) is 9.14. The van der Waals surface area contributed by atoms with Gasteiger partial charge in [0.2, 0.25) is 17.6 Å². The molecule has 0 spiro atoms. The SMILES string of the molecule is NC(N)=NCCCC(NC(=O)C1CCC2CN(C(=O)COc3ccccc3)CC(=O)N21)C(=O)c1nccs1. The minimum absolute atomic E-state index is 0.0448. The van der Waals surface area contributed by atoms with Gasteiger partial charge in [0.05, 0.1) is 18.6 Å². The molecule has 2 saturated heterocycles. The number of fused-ring (bicyclic) bond motifs is 1. The van der Waals surface area contributed by atoms with Crippen LogP contribution in [0.1, 0.15) is 35.5 Å². The maximum absolute atomic E-state index is 13.3. The lowest BCUT2D eigenvalue weighted by Gasteiger charge is -2.39. The number of para-hydroxylation sites is 1. The van der Waals surface area contributed by atoms with Gasteiger partial charge in [-0.1, -0.05) is 18.2 Å². The van der Waals surface area contributed by atoms with Gasteiger partial charge in [-0.05, 0) is 37.8 Å². The van der Waals surface area contributed by atoms with Gasteiger partial charge in [-0.3, -0.25) is 24.2 Å². The third-order valence-electron chi connectivity index (χ3n) is 6.53. The van der Waals surface area contributed by atoms with E-state index in [1.54, 1.807) is 22.4 Å². The number of hydrogen-bond acceptors (Lipinski definition) is 8. The van der Waals surface area contributed by atoms with E-state index < -0.39 is 18.0 Å². The third kappa shape index (κ3) is 6.65. The number of ether oxygens (including phenoxy) is 1. The van der Waals surface area contributed by atoms with Crippen molar-refractivity contribution < 1.29 is 23.9 Å². The van der Waals surface area contributed by atoms with Crippen LogP contribution >= 0.6 is 11.3 Å². The molecule has 2 aromatic rings. The van der Waals surface area contributed by atoms with Crippen molar-refractivity contribution in [2.75, 3.05) is 26.2 Å². The zero-order valence-corrected chi connectivity index (χ0v) is 21.6. The molecule has 0 saturated carbocycles. The normalized spacial score (nSPS) is 19.4. The fraction of sp³-hybridized carbons (Fsp3) is 0.440. The molecule has 3 atom stereocenters. The fourth-order valence-electron chi connectivity index (χ4n) is 4.74. The van der Waals surface area contributed by atoms with Gasteiger partial charge in [-0.15, -0.1) is 11.3 Å². The van der Waals surface area contributed by atoms with Crippen molar-refractivity contribution in [2.45, 2.75) is 43.8 Å². The van der Waals surface area contributed by atoms with Crippen molar-refractivity contribution >= 4 is 40.8 Å². The fourth-order valence-corrected chi connectivity index (χ4v) is 5.37. The van der Waals surface area contributed by atoms with Crippen LogP contribution in [0.15, 0.2) is 46.9 Å². The lowest BCUT2D eigenvalue weighted by molar-refractivity contribution is -0.151. The van der Waals surface area contributed by atoms with Crippen molar-refractivity contribution in [1.29, 1.82) is 0 Å². The molecular weight excluding hydrogens is 510 g/mol. The predicted molar refractivity (Wildman–Crippen MR) is 140 cm³/mol. The van der Waals surface area contributed by atoms with E-state index in [4.69, 9.17) is 16.2 Å². The van der Waals surface area contributed by atoms with Crippen molar-refractivity contribution in [3.8, 4) is 5.75 Å². The Balaban J connectivity index is 1.36. The average molecular weight is 542 g/mol. The Labute approximate surface area is 224 Å². The number of carbonyl (C=O) groups excluding carboxylic acids is 4. The lowest BCUT2D eigenvalue weighted by atomic mass is 10.1. The van der Waals surface area contributed by atoms with Crippen molar-refractivity contribution in [2.24, 2.45) is 16.5 Å². The van der Waals surface area contributed by atoms with E-state index >= 15 is 0 Å². The lowest BCUT2D eigenvalue weighted by Crippen LogP contribution is -2.61. The standard InChI is InChI=1S/C25H31N7O5S/c26-25(27)29-10-4-7-18(22(35)24-28-11-12-38-24)30-23(36)19-9-8-16-13-31(14-20(33)32(16)19)21(34)15-37-17-5-2-1-3-6-17/h1-3,5-6,11-12,16,18-19H,4,7-10,13-15H2,(H,30,36)(H4,26,27,29). The number of piperazine rings is 1. The first kappa shape index (κ1) is 27.0. The Morgan fingerprint density at radius 1 is 1.21 bits per heavy atom. The van der Waals surface area contributed by atoms with E-state index in [-0.39, 0.29) is 42.8 Å². The number of amides is 3. The van der Waals surface area contributed by atoms with Gasteiger partial charge in [0.15, 0.2) is 17.6 Å². The van der Waals surface area contributed by atoms with E-state index in [9.17, 15) is 19.2 Å². The Hall–Kier alpha value is -4.00. The molecule has 0 aliphatic carbocycles. The number of Topliss-reactive ketones (excluding diaryl/α,β-unsaturated/α-hetero) is 1. The highest BCUT2D eigenvalue weighted by atomic mass is 32.1. The second-order valence-corrected chi connectivity index (χ2v) is 10.0. The number of nitrogens with one attached hydrogen (secondary N) is 1. The number of benzene rings is 1. The molecule has 3 unspecified atom stereocenters. The van der Waals surface area contributed by atoms with Gasteiger partial charge in [0.25, 0.3) is 5.91 Å². The zero-order chi connectivity index (χ0) is 27.1. The van der Waals surface area contributed by atoms with Crippen LogP contribution in [0.25, 0.3) is 0 Å². The molecule has 1 aromatic heterocycles. The third-order valence-corrected chi connectivity index (χ3v) is 7.32. The van der Waals surface area contributed by atoms with Crippen LogP contribution in [0.2, 0.25) is 0 Å². The molecule has 0 radical (unpaired) electrons. The second kappa shape index (κ2) is 12.5. The van der Waals surface area contributed by atoms with E-state index in [1.807, 2.05) is 18.2 Å². The Kier molecular flexibility index (Phi) is 8.89. The van der Waals surface area contributed by atoms with Gasteiger partial charge in [0, 0.05) is 24.7 Å². The summed E-state index contributed by atoms with van der Waals surface area (Å²) in [6.45, 7) is 0.339. The van der Waals surface area contributed by atoms with Crippen molar-refractivity contribution in [1.82, 2.24) is 20.1 Å². The minimum Gasteiger partial charge on any atom is -0.484 e. The van der Waals surface area contributed by atoms with Gasteiger partial charge in [-0.25, -0.2) is 4.98 Å². The number of guanidine groups is 1. The van der Waals surface area contributed by atoms with Crippen LogP contribution in [0.5, 0.6) is 5.75 Å². The summed E-state index contributed by atoms with van der Waals surface area (Å²) in [5, 5.41) is 4.82. The summed E-state index contributed by atoms with van der Waals surface area (Å²) in [5.74, 6) is -0.759. The topological polar surface area (TPSA) is 173 Å². The van der Waals surface area contributed by atoms with Crippen LogP contribution in [0.3, 0.4) is 0 Å². The first-order valence-corrected chi connectivity index (χ1v) is 13.3. The number of carbonyl (C=O) groups is 4. The number of aliphatic imine (C=N–C) groups is 1. The highest BCUT2D eigenvalue weighted by molar-refractivity contribution is 7.11. The molecule has 0 bridgehead atoms. The average Bonchev–Trinajstić information content (AvgIpc) is 3.60. The van der Waals surface area contributed by atoms with Crippen LogP contribution in [0.4, 0.5) is 0 Å². The van der Waals surface area contributed by atoms with Gasteiger partial charge in [0.1, 0.15) is 11.8 Å². The molecule has 2 fully saturated rings. The summed E-state index contributed by atoms with van der Waals surface area (Å²) in [7, 11) is 0. The van der Waals surface area contributed by atoms with Crippen LogP contribution < -0.4 is 21.5 Å². The highest BCUT2D eigenvalue weighted by Crippen LogP contribution is 2.29. The number of nitrogens with zero attached hydrogens (tertiary/aromatic N) is 4. The van der Waals surface area contributed by atoms with E-state index in [1.165, 1.54) is 22.4 Å². The summed E-state index contributed by atoms with van der Waals surface area (Å²) in [6, 6.07) is 7.17. The maximum atomic E-state index is 13.3. The molecule has 2 aliphatic rings. The number of rotatable bonds is 11. The number of thiazole rings is 1. The highest BCUT2D eigenvalue weighted by Gasteiger charge is 2.46. The molecule has 13 heteroatoms. The quantitative estimate of drug-likeness (QED) is 0.156. The van der Waals surface area contributed by atoms with Crippen LogP contribution in [-0.2, 0) is 14.4 Å². The van der Waals surface area contributed by atoms with Gasteiger partial charge < -0.3 is 31.3 Å². The van der Waals surface area contributed by atoms with Gasteiger partial charge >= 0.3 is 0 Å². The van der Waals surface area contributed by atoms with Gasteiger partial charge in [-0.2, -0.15) is 0 Å². The smallest absolute Gasteiger partial charge is 0.261 e. The maximum Gasteiger partial charge on any atom is 0.261 e. The molecule has 2 aliphatic heterocycles. The summed E-state index contributed by atoms with van der Waals surface area (Å²) in [4.78, 5) is 63.1. The van der Waals surface area contributed by atoms with Crippen LogP contribution in [-0.4, -0.2) is 88.6 Å². The molecule has 12 nitrogen and oxygen atoms in total. The Morgan fingerprint density at radius 2 is 2.00 bits per heavy atom.